The van der Waals surface area contributed by atoms with Gasteiger partial charge in [-0.3, -0.25) is 4.79 Å². The maximum Gasteiger partial charge on any atom is 0.230 e. The van der Waals surface area contributed by atoms with Crippen molar-refractivity contribution in [2.75, 3.05) is 26.0 Å². The third-order valence-corrected chi connectivity index (χ3v) is 7.03. The van der Waals surface area contributed by atoms with Crippen LogP contribution in [-0.2, 0) is 9.53 Å². The van der Waals surface area contributed by atoms with Crippen molar-refractivity contribution in [1.29, 1.82) is 5.26 Å². The first-order valence-electron chi connectivity index (χ1n) is 10.3. The standard InChI is InChI=1S/C24H23N3O3S2/c1-29-17-8-6-16(7-9-17)19-12-21(22-5-3-11-31-22)27-24(20(19)13-25)32-15-23(28)26-14-18-4-2-10-30-18/h3,5-9,11-12,18H,2,4,10,14-15H2,1H3,(H,26,28)/t18-/m0/s1. The van der Waals surface area contributed by atoms with Crippen LogP contribution in [0.3, 0.4) is 0 Å². The van der Waals surface area contributed by atoms with Crippen LogP contribution in [0.5, 0.6) is 5.75 Å². The van der Waals surface area contributed by atoms with Crippen molar-refractivity contribution < 1.29 is 14.3 Å². The van der Waals surface area contributed by atoms with Gasteiger partial charge in [0.1, 0.15) is 16.8 Å². The van der Waals surface area contributed by atoms with Crippen LogP contribution >= 0.6 is 23.1 Å². The molecule has 0 spiro atoms. The average Bonchev–Trinajstić information content (AvgIpc) is 3.55. The molecule has 0 bridgehead atoms. The number of thiophene rings is 1. The summed E-state index contributed by atoms with van der Waals surface area (Å²) in [6.07, 6.45) is 2.11. The molecule has 1 fully saturated rings. The minimum Gasteiger partial charge on any atom is -0.497 e. The van der Waals surface area contributed by atoms with E-state index in [1.54, 1.807) is 18.4 Å². The topological polar surface area (TPSA) is 84.2 Å². The third-order valence-electron chi connectivity index (χ3n) is 5.16. The highest BCUT2D eigenvalue weighted by Crippen LogP contribution is 2.35. The van der Waals surface area contributed by atoms with Gasteiger partial charge in [-0.2, -0.15) is 5.26 Å². The zero-order valence-electron chi connectivity index (χ0n) is 17.7. The molecule has 0 radical (unpaired) electrons. The largest absolute Gasteiger partial charge is 0.497 e. The number of pyridine rings is 1. The number of hydrogen-bond acceptors (Lipinski definition) is 7. The number of carbonyl (C=O) groups excluding carboxylic acids is 1. The van der Waals surface area contributed by atoms with Gasteiger partial charge < -0.3 is 14.8 Å². The Hall–Kier alpha value is -2.86. The van der Waals surface area contributed by atoms with E-state index in [0.717, 1.165) is 46.9 Å². The van der Waals surface area contributed by atoms with E-state index < -0.39 is 0 Å². The Balaban J connectivity index is 1.60. The Morgan fingerprint density at radius 1 is 1.38 bits per heavy atom. The number of nitrogens with zero attached hydrogens (tertiary/aromatic N) is 2. The van der Waals surface area contributed by atoms with E-state index in [-0.39, 0.29) is 17.8 Å². The fraction of sp³-hybridized carbons (Fsp3) is 0.292. The number of hydrogen-bond donors (Lipinski definition) is 1. The third kappa shape index (κ3) is 5.30. The van der Waals surface area contributed by atoms with Gasteiger partial charge in [0.25, 0.3) is 0 Å². The van der Waals surface area contributed by atoms with Gasteiger partial charge in [-0.25, -0.2) is 4.98 Å². The molecule has 1 amide bonds. The predicted molar refractivity (Wildman–Crippen MR) is 127 cm³/mol. The first-order chi connectivity index (χ1) is 15.7. The monoisotopic (exact) mass is 465 g/mol. The number of aromatic nitrogens is 1. The van der Waals surface area contributed by atoms with E-state index in [1.165, 1.54) is 11.8 Å². The van der Waals surface area contributed by atoms with Crippen molar-refractivity contribution in [2.45, 2.75) is 24.0 Å². The molecule has 164 valence electrons. The molecule has 1 aliphatic heterocycles. The van der Waals surface area contributed by atoms with E-state index >= 15 is 0 Å². The molecule has 32 heavy (non-hydrogen) atoms. The molecular weight excluding hydrogens is 442 g/mol. The molecule has 3 heterocycles. The molecule has 8 heteroatoms. The molecule has 1 atom stereocenters. The van der Waals surface area contributed by atoms with Crippen LogP contribution in [0.25, 0.3) is 21.7 Å². The summed E-state index contributed by atoms with van der Waals surface area (Å²) in [5.41, 5.74) is 2.93. The lowest BCUT2D eigenvalue weighted by Gasteiger charge is -2.13. The first-order valence-corrected chi connectivity index (χ1v) is 12.2. The zero-order valence-corrected chi connectivity index (χ0v) is 19.3. The number of nitrogens with one attached hydrogen (secondary N) is 1. The average molecular weight is 466 g/mol. The second-order valence-corrected chi connectivity index (χ2v) is 9.19. The number of carbonyl (C=O) groups is 1. The van der Waals surface area contributed by atoms with E-state index in [2.05, 4.69) is 11.4 Å². The molecule has 2 aromatic heterocycles. The van der Waals surface area contributed by atoms with Crippen LogP contribution in [0.4, 0.5) is 0 Å². The Labute approximate surface area is 195 Å². The lowest BCUT2D eigenvalue weighted by atomic mass is 10.0. The fourth-order valence-electron chi connectivity index (χ4n) is 3.50. The molecule has 1 aliphatic rings. The molecule has 0 aliphatic carbocycles. The van der Waals surface area contributed by atoms with Crippen molar-refractivity contribution in [3.63, 3.8) is 0 Å². The summed E-state index contributed by atoms with van der Waals surface area (Å²) in [7, 11) is 1.62. The number of nitriles is 1. The van der Waals surface area contributed by atoms with E-state index in [0.29, 0.717) is 17.1 Å². The number of ether oxygens (including phenoxy) is 2. The summed E-state index contributed by atoms with van der Waals surface area (Å²) in [5, 5.41) is 15.4. The summed E-state index contributed by atoms with van der Waals surface area (Å²) in [6.45, 7) is 1.28. The van der Waals surface area contributed by atoms with E-state index in [4.69, 9.17) is 14.5 Å². The van der Waals surface area contributed by atoms with Gasteiger partial charge in [0.05, 0.1) is 35.1 Å². The second kappa shape index (κ2) is 10.6. The molecule has 0 unspecified atom stereocenters. The first kappa shape index (κ1) is 22.3. The lowest BCUT2D eigenvalue weighted by Crippen LogP contribution is -2.32. The number of rotatable bonds is 8. The maximum absolute atomic E-state index is 12.4. The Morgan fingerprint density at radius 3 is 2.88 bits per heavy atom. The summed E-state index contributed by atoms with van der Waals surface area (Å²) < 4.78 is 10.8. The molecular formula is C24H23N3O3S2. The number of amides is 1. The summed E-state index contributed by atoms with van der Waals surface area (Å²) in [5.74, 6) is 0.839. The van der Waals surface area contributed by atoms with Gasteiger partial charge in [0.15, 0.2) is 0 Å². The van der Waals surface area contributed by atoms with Gasteiger partial charge in [0, 0.05) is 18.7 Å². The van der Waals surface area contributed by atoms with Crippen molar-refractivity contribution in [3.05, 3.63) is 53.4 Å². The molecule has 4 rings (SSSR count). The van der Waals surface area contributed by atoms with Crippen molar-refractivity contribution >= 4 is 29.0 Å². The molecule has 0 saturated carbocycles. The second-order valence-electron chi connectivity index (χ2n) is 7.28. The van der Waals surface area contributed by atoms with Crippen molar-refractivity contribution in [2.24, 2.45) is 0 Å². The smallest absolute Gasteiger partial charge is 0.230 e. The fourth-order valence-corrected chi connectivity index (χ4v) is 5.02. The van der Waals surface area contributed by atoms with Crippen molar-refractivity contribution in [3.8, 4) is 33.5 Å². The summed E-state index contributed by atoms with van der Waals surface area (Å²) in [4.78, 5) is 18.1. The van der Waals surface area contributed by atoms with Gasteiger partial charge in [-0.05, 0) is 48.1 Å². The number of methoxy groups -OCH3 is 1. The van der Waals surface area contributed by atoms with E-state index in [9.17, 15) is 10.1 Å². The Kier molecular flexibility index (Phi) is 7.43. The molecule has 1 saturated heterocycles. The highest BCUT2D eigenvalue weighted by molar-refractivity contribution is 8.00. The minimum atomic E-state index is -0.0938. The lowest BCUT2D eigenvalue weighted by molar-refractivity contribution is -0.119. The maximum atomic E-state index is 12.4. The van der Waals surface area contributed by atoms with Crippen LogP contribution in [0.1, 0.15) is 18.4 Å². The summed E-state index contributed by atoms with van der Waals surface area (Å²) in [6, 6.07) is 15.8. The van der Waals surface area contributed by atoms with Gasteiger partial charge >= 0.3 is 0 Å². The van der Waals surface area contributed by atoms with Crippen LogP contribution < -0.4 is 10.1 Å². The number of benzene rings is 1. The highest BCUT2D eigenvalue weighted by atomic mass is 32.2. The van der Waals surface area contributed by atoms with Gasteiger partial charge in [0.2, 0.25) is 5.91 Å². The SMILES string of the molecule is COc1ccc(-c2cc(-c3cccs3)nc(SCC(=O)NC[C@@H]3CCCO3)c2C#N)cc1. The van der Waals surface area contributed by atoms with Crippen LogP contribution in [0.15, 0.2) is 52.9 Å². The highest BCUT2D eigenvalue weighted by Gasteiger charge is 2.19. The van der Waals surface area contributed by atoms with Crippen LogP contribution in [0, 0.1) is 11.3 Å². The Morgan fingerprint density at radius 2 is 2.22 bits per heavy atom. The van der Waals surface area contributed by atoms with E-state index in [1.807, 2.05) is 47.8 Å². The molecule has 6 nitrogen and oxygen atoms in total. The van der Waals surface area contributed by atoms with Crippen LogP contribution in [-0.4, -0.2) is 43.0 Å². The normalized spacial score (nSPS) is 15.3. The molecule has 3 aromatic rings. The predicted octanol–water partition coefficient (Wildman–Crippen LogP) is 4.74. The molecule has 1 N–H and O–H groups in total. The van der Waals surface area contributed by atoms with Crippen LogP contribution in [0.2, 0.25) is 0 Å². The minimum absolute atomic E-state index is 0.0938. The zero-order chi connectivity index (χ0) is 22.3. The molecule has 1 aromatic carbocycles. The Bertz CT molecular complexity index is 1100. The van der Waals surface area contributed by atoms with Crippen molar-refractivity contribution in [1.82, 2.24) is 10.3 Å². The summed E-state index contributed by atoms with van der Waals surface area (Å²) >= 11 is 2.87. The van der Waals surface area contributed by atoms with Gasteiger partial charge in [-0.15, -0.1) is 11.3 Å². The quantitative estimate of drug-likeness (QED) is 0.484. The van der Waals surface area contributed by atoms with Gasteiger partial charge in [-0.1, -0.05) is 30.0 Å². The number of thioether (sulfide) groups is 1.